The van der Waals surface area contributed by atoms with Gasteiger partial charge in [0.15, 0.2) is 11.6 Å². The van der Waals surface area contributed by atoms with E-state index >= 15 is 0 Å². The van der Waals surface area contributed by atoms with E-state index in [4.69, 9.17) is 10.00 Å². The average molecular weight is 284 g/mol. The van der Waals surface area contributed by atoms with Crippen LogP contribution in [0.25, 0.3) is 0 Å². The quantitative estimate of drug-likeness (QED) is 0.828. The molecule has 1 aliphatic carbocycles. The first-order valence-electron chi connectivity index (χ1n) is 5.27. The Morgan fingerprint density at radius 1 is 1.38 bits per heavy atom. The van der Waals surface area contributed by atoms with Gasteiger partial charge in [0.25, 0.3) is 0 Å². The van der Waals surface area contributed by atoms with Gasteiger partial charge in [-0.2, -0.15) is 5.26 Å². The Hall–Kier alpha value is -1.08. The zero-order valence-corrected chi connectivity index (χ0v) is 10.3. The molecule has 4 heteroatoms. The summed E-state index contributed by atoms with van der Waals surface area (Å²) in [5.41, 5.74) is 0.288. The number of ether oxygens (including phenoxy) is 1. The summed E-state index contributed by atoms with van der Waals surface area (Å²) >= 11 is 3.06. The van der Waals surface area contributed by atoms with Crippen LogP contribution >= 0.6 is 15.9 Å². The second-order valence-electron chi connectivity index (χ2n) is 3.88. The van der Waals surface area contributed by atoms with Gasteiger partial charge >= 0.3 is 0 Å². The number of rotatable bonds is 2. The van der Waals surface area contributed by atoms with Gasteiger partial charge in [-0.05, 0) is 53.7 Å². The molecule has 84 valence electrons. The molecular formula is C12H11BrFNO. The summed E-state index contributed by atoms with van der Waals surface area (Å²) in [6, 6.07) is 5.01. The summed E-state index contributed by atoms with van der Waals surface area (Å²) in [4.78, 5) is 0. The zero-order valence-electron chi connectivity index (χ0n) is 8.67. The normalized spacial score (nSPS) is 16.1. The number of nitrogens with zero attached hydrogens (tertiary/aromatic N) is 1. The second-order valence-corrected chi connectivity index (χ2v) is 4.67. The van der Waals surface area contributed by atoms with Crippen molar-refractivity contribution in [2.75, 3.05) is 0 Å². The molecule has 0 spiro atoms. The summed E-state index contributed by atoms with van der Waals surface area (Å²) in [6.45, 7) is 0. The Balaban J connectivity index is 2.22. The lowest BCUT2D eigenvalue weighted by Gasteiger charge is -2.14. The predicted octanol–water partition coefficient (Wildman–Crippen LogP) is 3.78. The zero-order chi connectivity index (χ0) is 11.5. The van der Waals surface area contributed by atoms with Crippen molar-refractivity contribution in [1.82, 2.24) is 0 Å². The molecule has 0 amide bonds. The molecule has 0 unspecified atom stereocenters. The number of benzene rings is 1. The van der Waals surface area contributed by atoms with Crippen LogP contribution in [0.15, 0.2) is 16.6 Å². The van der Waals surface area contributed by atoms with Crippen LogP contribution in [0.2, 0.25) is 0 Å². The standard InChI is InChI=1S/C12H11BrFNO/c13-11-8(7-15)5-6-10(12(11)14)16-9-3-1-2-4-9/h5-6,9H,1-4H2. The topological polar surface area (TPSA) is 33.0 Å². The van der Waals surface area contributed by atoms with E-state index in [-0.39, 0.29) is 21.9 Å². The van der Waals surface area contributed by atoms with E-state index in [9.17, 15) is 4.39 Å². The molecule has 0 atom stereocenters. The van der Waals surface area contributed by atoms with E-state index in [1.54, 1.807) is 6.07 Å². The SMILES string of the molecule is N#Cc1ccc(OC2CCCC2)c(F)c1Br. The largest absolute Gasteiger partial charge is 0.487 e. The highest BCUT2D eigenvalue weighted by Crippen LogP contribution is 2.31. The van der Waals surface area contributed by atoms with Gasteiger partial charge in [-0.1, -0.05) is 0 Å². The molecule has 0 aliphatic heterocycles. The Labute approximate surface area is 102 Å². The molecule has 1 aromatic rings. The lowest BCUT2D eigenvalue weighted by Crippen LogP contribution is -2.12. The van der Waals surface area contributed by atoms with Gasteiger partial charge in [-0.25, -0.2) is 4.39 Å². The fourth-order valence-electron chi connectivity index (χ4n) is 1.89. The molecule has 2 nitrogen and oxygen atoms in total. The molecule has 1 aromatic carbocycles. The van der Waals surface area contributed by atoms with E-state index in [0.29, 0.717) is 0 Å². The van der Waals surface area contributed by atoms with Crippen LogP contribution in [0, 0.1) is 17.1 Å². The lowest BCUT2D eigenvalue weighted by molar-refractivity contribution is 0.200. The molecular weight excluding hydrogens is 273 g/mol. The molecule has 1 saturated carbocycles. The van der Waals surface area contributed by atoms with Crippen LogP contribution < -0.4 is 4.74 Å². The third-order valence-electron chi connectivity index (χ3n) is 2.76. The van der Waals surface area contributed by atoms with Gasteiger partial charge in [-0.15, -0.1) is 0 Å². The second kappa shape index (κ2) is 4.84. The Kier molecular flexibility index (Phi) is 3.45. The van der Waals surface area contributed by atoms with Gasteiger partial charge in [0.1, 0.15) is 6.07 Å². The van der Waals surface area contributed by atoms with Crippen molar-refractivity contribution in [2.45, 2.75) is 31.8 Å². The molecule has 16 heavy (non-hydrogen) atoms. The maximum absolute atomic E-state index is 13.8. The van der Waals surface area contributed by atoms with Crippen molar-refractivity contribution >= 4 is 15.9 Å². The Bertz CT molecular complexity index is 435. The van der Waals surface area contributed by atoms with Crippen LogP contribution in [-0.2, 0) is 0 Å². The molecule has 0 heterocycles. The van der Waals surface area contributed by atoms with Crippen molar-refractivity contribution in [3.05, 3.63) is 28.0 Å². The first-order valence-corrected chi connectivity index (χ1v) is 6.06. The molecule has 0 saturated heterocycles. The van der Waals surface area contributed by atoms with E-state index in [1.807, 2.05) is 6.07 Å². The first-order chi connectivity index (χ1) is 7.72. The number of halogens is 2. The molecule has 1 fully saturated rings. The van der Waals surface area contributed by atoms with Crippen LogP contribution in [0.3, 0.4) is 0 Å². The fourth-order valence-corrected chi connectivity index (χ4v) is 2.31. The minimum absolute atomic E-state index is 0.120. The summed E-state index contributed by atoms with van der Waals surface area (Å²) in [5.74, 6) is -0.247. The molecule has 0 aromatic heterocycles. The van der Waals surface area contributed by atoms with Gasteiger partial charge < -0.3 is 4.74 Å². The van der Waals surface area contributed by atoms with Gasteiger partial charge in [0, 0.05) is 0 Å². The highest BCUT2D eigenvalue weighted by molar-refractivity contribution is 9.10. The fraction of sp³-hybridized carbons (Fsp3) is 0.417. The van der Waals surface area contributed by atoms with Gasteiger partial charge in [0.05, 0.1) is 16.1 Å². The number of nitriles is 1. The van der Waals surface area contributed by atoms with Crippen molar-refractivity contribution in [3.8, 4) is 11.8 Å². The van der Waals surface area contributed by atoms with Crippen LogP contribution in [0.4, 0.5) is 4.39 Å². The third kappa shape index (κ3) is 2.19. The predicted molar refractivity (Wildman–Crippen MR) is 61.7 cm³/mol. The van der Waals surface area contributed by atoms with Crippen molar-refractivity contribution in [1.29, 1.82) is 5.26 Å². The van der Waals surface area contributed by atoms with Gasteiger partial charge in [0.2, 0.25) is 0 Å². The average Bonchev–Trinajstić information content (AvgIpc) is 2.78. The van der Waals surface area contributed by atoms with Crippen molar-refractivity contribution in [2.24, 2.45) is 0 Å². The summed E-state index contributed by atoms with van der Waals surface area (Å²) in [5, 5.41) is 8.73. The van der Waals surface area contributed by atoms with Crippen LogP contribution in [-0.4, -0.2) is 6.10 Å². The maximum atomic E-state index is 13.8. The Morgan fingerprint density at radius 3 is 2.69 bits per heavy atom. The molecule has 2 rings (SSSR count). The summed E-state index contributed by atoms with van der Waals surface area (Å²) in [6.07, 6.45) is 4.37. The van der Waals surface area contributed by atoms with E-state index in [1.165, 1.54) is 6.07 Å². The number of hydrogen-bond acceptors (Lipinski definition) is 2. The highest BCUT2D eigenvalue weighted by atomic mass is 79.9. The van der Waals surface area contributed by atoms with Crippen LogP contribution in [0.1, 0.15) is 31.2 Å². The van der Waals surface area contributed by atoms with Gasteiger partial charge in [-0.3, -0.25) is 0 Å². The monoisotopic (exact) mass is 283 g/mol. The van der Waals surface area contributed by atoms with Crippen LogP contribution in [0.5, 0.6) is 5.75 Å². The molecule has 0 radical (unpaired) electrons. The summed E-state index contributed by atoms with van der Waals surface area (Å²) in [7, 11) is 0. The minimum atomic E-state index is -0.481. The first kappa shape index (κ1) is 11.4. The summed E-state index contributed by atoms with van der Waals surface area (Å²) < 4.78 is 19.5. The number of hydrogen-bond donors (Lipinski definition) is 0. The third-order valence-corrected chi connectivity index (χ3v) is 3.54. The molecule has 0 bridgehead atoms. The Morgan fingerprint density at radius 2 is 2.06 bits per heavy atom. The highest BCUT2D eigenvalue weighted by Gasteiger charge is 2.19. The molecule has 0 N–H and O–H groups in total. The van der Waals surface area contributed by atoms with Crippen molar-refractivity contribution < 1.29 is 9.13 Å². The lowest BCUT2D eigenvalue weighted by atomic mass is 10.2. The van der Waals surface area contributed by atoms with E-state index in [2.05, 4.69) is 15.9 Å². The minimum Gasteiger partial charge on any atom is -0.487 e. The smallest absolute Gasteiger partial charge is 0.180 e. The van der Waals surface area contributed by atoms with E-state index in [0.717, 1.165) is 25.7 Å². The van der Waals surface area contributed by atoms with E-state index < -0.39 is 5.82 Å². The van der Waals surface area contributed by atoms with Crippen molar-refractivity contribution in [3.63, 3.8) is 0 Å². The maximum Gasteiger partial charge on any atom is 0.180 e. The molecule has 1 aliphatic rings.